The molecule has 35 heavy (non-hydrogen) atoms. The average molecular weight is 503 g/mol. The van der Waals surface area contributed by atoms with Gasteiger partial charge < -0.3 is 14.2 Å². The summed E-state index contributed by atoms with van der Waals surface area (Å²) in [7, 11) is -1.84. The number of hydrogen-bond acceptors (Lipinski definition) is 8. The zero-order valence-electron chi connectivity index (χ0n) is 20.4. The van der Waals surface area contributed by atoms with E-state index in [1.165, 1.54) is 20.2 Å². The molecule has 3 rings (SSSR count). The third-order valence-electron chi connectivity index (χ3n) is 4.91. The van der Waals surface area contributed by atoms with Crippen LogP contribution >= 0.6 is 0 Å². The molecule has 10 nitrogen and oxygen atoms in total. The first-order chi connectivity index (χ1) is 16.6. The van der Waals surface area contributed by atoms with E-state index >= 15 is 0 Å². The second-order valence-corrected chi connectivity index (χ2v) is 10.00. The van der Waals surface area contributed by atoms with Crippen molar-refractivity contribution in [2.75, 3.05) is 24.7 Å². The van der Waals surface area contributed by atoms with Crippen molar-refractivity contribution in [1.82, 2.24) is 14.8 Å². The number of nitrogens with zero attached hydrogens (tertiary/aromatic N) is 3. The fourth-order valence-corrected chi connectivity index (χ4v) is 4.03. The van der Waals surface area contributed by atoms with E-state index in [1.54, 1.807) is 35.0 Å². The van der Waals surface area contributed by atoms with Crippen LogP contribution in [0, 0.1) is 0 Å². The number of methoxy groups -OCH3 is 1. The first-order valence-corrected chi connectivity index (χ1v) is 13.0. The van der Waals surface area contributed by atoms with E-state index in [0.29, 0.717) is 48.2 Å². The minimum absolute atomic E-state index is 0.197. The van der Waals surface area contributed by atoms with Gasteiger partial charge in [0, 0.05) is 13.1 Å². The molecule has 3 aromatic rings. The number of benzene rings is 1. The van der Waals surface area contributed by atoms with Crippen molar-refractivity contribution in [3.8, 4) is 23.1 Å². The van der Waals surface area contributed by atoms with Crippen LogP contribution in [-0.2, 0) is 21.2 Å². The van der Waals surface area contributed by atoms with Gasteiger partial charge in [-0.15, -0.1) is 0 Å². The minimum atomic E-state index is -3.37. The van der Waals surface area contributed by atoms with Crippen LogP contribution in [0.4, 0.5) is 5.69 Å². The number of carbonyl (C=O) groups is 1. The number of para-hydroxylation sites is 1. The third-order valence-corrected chi connectivity index (χ3v) is 5.52. The van der Waals surface area contributed by atoms with E-state index in [9.17, 15) is 13.2 Å². The smallest absolute Gasteiger partial charge is 0.308 e. The van der Waals surface area contributed by atoms with Gasteiger partial charge >= 0.3 is 5.97 Å². The van der Waals surface area contributed by atoms with E-state index < -0.39 is 16.0 Å². The van der Waals surface area contributed by atoms with Gasteiger partial charge in [-0.05, 0) is 48.6 Å². The number of anilines is 1. The number of hydrogen-bond donors (Lipinski definition) is 1. The first-order valence-electron chi connectivity index (χ1n) is 11.1. The summed E-state index contributed by atoms with van der Waals surface area (Å²) < 4.78 is 43.4. The predicted molar refractivity (Wildman–Crippen MR) is 132 cm³/mol. The monoisotopic (exact) mass is 502 g/mol. The summed E-state index contributed by atoms with van der Waals surface area (Å²) in [5.74, 6) is 1.52. The molecule has 0 aliphatic rings. The Morgan fingerprint density at radius 3 is 2.51 bits per heavy atom. The Bertz CT molecular complexity index is 1270. The number of esters is 1. The summed E-state index contributed by atoms with van der Waals surface area (Å²) >= 11 is 0. The summed E-state index contributed by atoms with van der Waals surface area (Å²) in [5.41, 5.74) is 2.39. The summed E-state index contributed by atoms with van der Waals surface area (Å²) in [6, 6.07) is 8.47. The number of ether oxygens (including phenoxy) is 3. The Balaban J connectivity index is 1.70. The van der Waals surface area contributed by atoms with Gasteiger partial charge in [0.2, 0.25) is 15.8 Å². The van der Waals surface area contributed by atoms with Gasteiger partial charge in [-0.1, -0.05) is 19.9 Å². The van der Waals surface area contributed by atoms with Crippen LogP contribution in [0.3, 0.4) is 0 Å². The highest BCUT2D eigenvalue weighted by molar-refractivity contribution is 7.92. The normalized spacial score (nSPS) is 11.4. The van der Waals surface area contributed by atoms with E-state index in [-0.39, 0.29) is 5.92 Å². The molecule has 0 aliphatic heterocycles. The topological polar surface area (TPSA) is 122 Å². The van der Waals surface area contributed by atoms with Gasteiger partial charge in [0.25, 0.3) is 0 Å². The van der Waals surface area contributed by atoms with Gasteiger partial charge in [-0.3, -0.25) is 9.52 Å². The molecule has 0 aliphatic carbocycles. The number of aromatic nitrogens is 3. The number of carbonyl (C=O) groups excluding carboxylic acids is 1. The Morgan fingerprint density at radius 1 is 1.17 bits per heavy atom. The van der Waals surface area contributed by atoms with Crippen LogP contribution in [-0.4, -0.2) is 49.1 Å². The summed E-state index contributed by atoms with van der Waals surface area (Å²) in [6.45, 7) is 5.85. The SMILES string of the molecule is COc1cccc(OC(C)=O)c1OCCCc1cn(-c2ccc(NS(C)(=O)=O)cn2)nc1C(C)C. The second kappa shape index (κ2) is 11.2. The lowest BCUT2D eigenvalue weighted by molar-refractivity contribution is -0.132. The minimum Gasteiger partial charge on any atom is -0.493 e. The summed E-state index contributed by atoms with van der Waals surface area (Å²) in [4.78, 5) is 15.7. The van der Waals surface area contributed by atoms with Gasteiger partial charge in [0.1, 0.15) is 0 Å². The van der Waals surface area contributed by atoms with E-state index in [0.717, 1.165) is 17.5 Å². The highest BCUT2D eigenvalue weighted by Gasteiger charge is 2.16. The molecule has 188 valence electrons. The molecule has 2 aromatic heterocycles. The van der Waals surface area contributed by atoms with Gasteiger partial charge in [-0.25, -0.2) is 18.1 Å². The van der Waals surface area contributed by atoms with Crippen LogP contribution in [0.25, 0.3) is 5.82 Å². The first kappa shape index (κ1) is 26.0. The molecule has 0 bridgehead atoms. The maximum Gasteiger partial charge on any atom is 0.308 e. The maximum absolute atomic E-state index is 11.4. The molecule has 0 saturated heterocycles. The van der Waals surface area contributed by atoms with E-state index in [1.807, 2.05) is 6.20 Å². The number of nitrogens with one attached hydrogen (secondary N) is 1. The molecular formula is C24H30N4O6S. The maximum atomic E-state index is 11.4. The second-order valence-electron chi connectivity index (χ2n) is 8.25. The van der Waals surface area contributed by atoms with Crippen LogP contribution in [0.5, 0.6) is 17.2 Å². The average Bonchev–Trinajstić information content (AvgIpc) is 3.21. The van der Waals surface area contributed by atoms with Crippen molar-refractivity contribution in [2.24, 2.45) is 0 Å². The molecule has 0 radical (unpaired) electrons. The molecule has 0 unspecified atom stereocenters. The van der Waals surface area contributed by atoms with Crippen molar-refractivity contribution < 1.29 is 27.4 Å². The van der Waals surface area contributed by atoms with Gasteiger partial charge in [0.05, 0.1) is 37.6 Å². The quantitative estimate of drug-likeness (QED) is 0.239. The van der Waals surface area contributed by atoms with Crippen LogP contribution in [0.1, 0.15) is 44.4 Å². The zero-order chi connectivity index (χ0) is 25.6. The molecule has 2 heterocycles. The largest absolute Gasteiger partial charge is 0.493 e. The predicted octanol–water partition coefficient (Wildman–Crippen LogP) is 3.71. The lowest BCUT2D eigenvalue weighted by Crippen LogP contribution is -2.10. The Labute approximate surface area is 205 Å². The standard InChI is InChI=1S/C24H30N4O6S/c1-16(2)23-18(15-28(26-23)22-12-11-19(14-25-22)27-35(5,30)31)8-7-13-33-24-20(32-4)9-6-10-21(24)34-17(3)29/h6,9-12,14-16,27H,7-8,13H2,1-5H3. The van der Waals surface area contributed by atoms with E-state index in [2.05, 4.69) is 23.6 Å². The molecule has 0 amide bonds. The van der Waals surface area contributed by atoms with Crippen molar-refractivity contribution >= 4 is 21.7 Å². The third kappa shape index (κ3) is 7.19. The lowest BCUT2D eigenvalue weighted by atomic mass is 10.0. The number of pyridine rings is 1. The van der Waals surface area contributed by atoms with Crippen molar-refractivity contribution in [2.45, 2.75) is 39.5 Å². The molecular weight excluding hydrogens is 472 g/mol. The van der Waals surface area contributed by atoms with Crippen LogP contribution < -0.4 is 18.9 Å². The lowest BCUT2D eigenvalue weighted by Gasteiger charge is -2.14. The van der Waals surface area contributed by atoms with Gasteiger partial charge in [-0.2, -0.15) is 5.10 Å². The van der Waals surface area contributed by atoms with Crippen LogP contribution in [0.2, 0.25) is 0 Å². The number of aryl methyl sites for hydroxylation is 1. The molecule has 1 N–H and O–H groups in total. The fourth-order valence-electron chi connectivity index (χ4n) is 3.49. The summed E-state index contributed by atoms with van der Waals surface area (Å²) in [6.07, 6.45) is 5.86. The molecule has 0 atom stereocenters. The molecule has 0 spiro atoms. The summed E-state index contributed by atoms with van der Waals surface area (Å²) in [5, 5.41) is 4.69. The van der Waals surface area contributed by atoms with Crippen molar-refractivity contribution in [1.29, 1.82) is 0 Å². The van der Waals surface area contributed by atoms with E-state index in [4.69, 9.17) is 19.3 Å². The van der Waals surface area contributed by atoms with Crippen LogP contribution in [0.15, 0.2) is 42.7 Å². The van der Waals surface area contributed by atoms with Crippen molar-refractivity contribution in [3.63, 3.8) is 0 Å². The molecule has 1 aromatic carbocycles. The fraction of sp³-hybridized carbons (Fsp3) is 0.375. The zero-order valence-corrected chi connectivity index (χ0v) is 21.3. The highest BCUT2D eigenvalue weighted by atomic mass is 32.2. The van der Waals surface area contributed by atoms with Gasteiger partial charge in [0.15, 0.2) is 17.3 Å². The Hall–Kier alpha value is -3.60. The van der Waals surface area contributed by atoms with Crippen molar-refractivity contribution in [3.05, 3.63) is 54.0 Å². The number of rotatable bonds is 11. The molecule has 0 saturated carbocycles. The number of sulfonamides is 1. The highest BCUT2D eigenvalue weighted by Crippen LogP contribution is 2.37. The molecule has 11 heteroatoms. The Kier molecular flexibility index (Phi) is 8.34. The Morgan fingerprint density at radius 2 is 1.91 bits per heavy atom. The molecule has 0 fully saturated rings.